The van der Waals surface area contributed by atoms with Crippen LogP contribution in [0.3, 0.4) is 0 Å². The number of hydrogen-bond acceptors (Lipinski definition) is 7. The van der Waals surface area contributed by atoms with Crippen molar-refractivity contribution in [2.45, 2.75) is 65.5 Å². The van der Waals surface area contributed by atoms with Crippen LogP contribution in [0.15, 0.2) is 0 Å². The SMILES string of the molecule is CCC(C)(C)C(=O)OC1C2CC3C1OC(=O)C3(C(=O)OC(C)OC)C2. The van der Waals surface area contributed by atoms with E-state index in [0.29, 0.717) is 19.3 Å². The van der Waals surface area contributed by atoms with E-state index in [1.54, 1.807) is 6.92 Å². The first-order chi connectivity index (χ1) is 11.7. The average molecular weight is 354 g/mol. The second-order valence-electron chi connectivity index (χ2n) is 7.96. The summed E-state index contributed by atoms with van der Waals surface area (Å²) in [6, 6.07) is 0. The molecule has 0 N–H and O–H groups in total. The van der Waals surface area contributed by atoms with Gasteiger partial charge in [-0.2, -0.15) is 0 Å². The summed E-state index contributed by atoms with van der Waals surface area (Å²) in [6.45, 7) is 7.18. The molecular weight excluding hydrogens is 328 g/mol. The first kappa shape index (κ1) is 18.2. The fourth-order valence-electron chi connectivity index (χ4n) is 4.16. The number of hydrogen-bond donors (Lipinski definition) is 0. The van der Waals surface area contributed by atoms with Gasteiger partial charge >= 0.3 is 17.9 Å². The molecule has 3 aliphatic rings. The van der Waals surface area contributed by atoms with E-state index >= 15 is 0 Å². The number of rotatable bonds is 6. The molecule has 0 spiro atoms. The van der Waals surface area contributed by atoms with Crippen LogP contribution < -0.4 is 0 Å². The maximum absolute atomic E-state index is 12.6. The van der Waals surface area contributed by atoms with Gasteiger partial charge in [0, 0.05) is 18.9 Å². The van der Waals surface area contributed by atoms with Crippen LogP contribution in [-0.2, 0) is 33.3 Å². The van der Waals surface area contributed by atoms with Gasteiger partial charge in [0.15, 0.2) is 11.7 Å². The molecule has 3 fully saturated rings. The molecule has 2 bridgehead atoms. The smallest absolute Gasteiger partial charge is 0.326 e. The minimum absolute atomic E-state index is 0.0662. The molecule has 0 radical (unpaired) electrons. The normalized spacial score (nSPS) is 36.9. The molecule has 3 rings (SSSR count). The molecule has 25 heavy (non-hydrogen) atoms. The van der Waals surface area contributed by atoms with Crippen LogP contribution in [0.25, 0.3) is 0 Å². The Bertz CT molecular complexity index is 598. The summed E-state index contributed by atoms with van der Waals surface area (Å²) in [5.74, 6) is -1.82. The van der Waals surface area contributed by atoms with Crippen molar-refractivity contribution in [1.82, 2.24) is 0 Å². The lowest BCUT2D eigenvalue weighted by molar-refractivity contribution is -0.186. The maximum atomic E-state index is 12.6. The molecular formula is C18H26O7. The van der Waals surface area contributed by atoms with Gasteiger partial charge in [-0.25, -0.2) is 0 Å². The van der Waals surface area contributed by atoms with Crippen molar-refractivity contribution in [3.05, 3.63) is 0 Å². The molecule has 0 aromatic rings. The summed E-state index contributed by atoms with van der Waals surface area (Å²) in [6.07, 6.45) is -0.192. The molecule has 140 valence electrons. The van der Waals surface area contributed by atoms with Crippen LogP contribution >= 0.6 is 0 Å². The van der Waals surface area contributed by atoms with E-state index in [4.69, 9.17) is 18.9 Å². The molecule has 7 nitrogen and oxygen atoms in total. The topological polar surface area (TPSA) is 88.1 Å². The summed E-state index contributed by atoms with van der Waals surface area (Å²) in [4.78, 5) is 37.5. The first-order valence-corrected chi connectivity index (χ1v) is 8.83. The molecule has 2 aliphatic carbocycles. The van der Waals surface area contributed by atoms with Gasteiger partial charge < -0.3 is 18.9 Å². The second-order valence-corrected chi connectivity index (χ2v) is 7.96. The Hall–Kier alpha value is -1.63. The van der Waals surface area contributed by atoms with Crippen LogP contribution in [0.4, 0.5) is 0 Å². The Kier molecular flexibility index (Phi) is 4.34. The lowest BCUT2D eigenvalue weighted by atomic mass is 9.73. The highest BCUT2D eigenvalue weighted by Gasteiger charge is 2.75. The van der Waals surface area contributed by atoms with E-state index in [1.807, 2.05) is 20.8 Å². The first-order valence-electron chi connectivity index (χ1n) is 8.83. The number of fused-ring (bicyclic) bond motifs is 1. The summed E-state index contributed by atoms with van der Waals surface area (Å²) < 4.78 is 21.4. The highest BCUT2D eigenvalue weighted by molar-refractivity contribution is 6.03. The van der Waals surface area contributed by atoms with Crippen LogP contribution in [0.1, 0.15) is 47.0 Å². The Balaban J connectivity index is 1.77. The summed E-state index contributed by atoms with van der Waals surface area (Å²) in [5, 5.41) is 0. The quantitative estimate of drug-likeness (QED) is 0.311. The molecule has 0 aromatic carbocycles. The van der Waals surface area contributed by atoms with E-state index in [2.05, 4.69) is 0 Å². The summed E-state index contributed by atoms with van der Waals surface area (Å²) >= 11 is 0. The Labute approximate surface area is 147 Å². The number of ether oxygens (including phenoxy) is 4. The van der Waals surface area contributed by atoms with E-state index in [9.17, 15) is 14.4 Å². The third kappa shape index (κ3) is 2.55. The highest BCUT2D eigenvalue weighted by atomic mass is 16.7. The lowest BCUT2D eigenvalue weighted by Crippen LogP contribution is -2.47. The molecule has 1 heterocycles. The van der Waals surface area contributed by atoms with Crippen molar-refractivity contribution in [3.63, 3.8) is 0 Å². The average Bonchev–Trinajstić information content (AvgIpc) is 3.16. The van der Waals surface area contributed by atoms with Gasteiger partial charge in [-0.15, -0.1) is 0 Å². The third-order valence-electron chi connectivity index (χ3n) is 6.21. The Morgan fingerprint density at radius 1 is 1.40 bits per heavy atom. The molecule has 1 saturated heterocycles. The molecule has 0 amide bonds. The predicted octanol–water partition coefficient (Wildman–Crippen LogP) is 1.82. The fourth-order valence-corrected chi connectivity index (χ4v) is 4.16. The monoisotopic (exact) mass is 354 g/mol. The van der Waals surface area contributed by atoms with Crippen LogP contribution in [-0.4, -0.2) is 43.5 Å². The molecule has 6 atom stereocenters. The van der Waals surface area contributed by atoms with E-state index in [-0.39, 0.29) is 17.8 Å². The van der Waals surface area contributed by atoms with Gasteiger partial charge in [0.2, 0.25) is 0 Å². The number of esters is 3. The molecule has 7 heteroatoms. The fraction of sp³-hybridized carbons (Fsp3) is 0.833. The third-order valence-corrected chi connectivity index (χ3v) is 6.21. The van der Waals surface area contributed by atoms with E-state index in [1.165, 1.54) is 7.11 Å². The van der Waals surface area contributed by atoms with Crippen molar-refractivity contribution in [1.29, 1.82) is 0 Å². The van der Waals surface area contributed by atoms with Gasteiger partial charge in [0.1, 0.15) is 12.2 Å². The van der Waals surface area contributed by atoms with Crippen molar-refractivity contribution in [2.24, 2.45) is 22.7 Å². The van der Waals surface area contributed by atoms with E-state index in [0.717, 1.165) is 0 Å². The molecule has 0 aromatic heterocycles. The standard InChI is InChI=1S/C18H26O7/c1-6-17(3,4)14(19)24-12-10-7-11-13(12)25-16(21)18(11,8-10)15(20)23-9(2)22-5/h9-13H,6-8H2,1-5H3. The second kappa shape index (κ2) is 5.97. The largest absolute Gasteiger partial charge is 0.458 e. The number of methoxy groups -OCH3 is 1. The highest BCUT2D eigenvalue weighted by Crippen LogP contribution is 2.63. The van der Waals surface area contributed by atoms with Gasteiger partial charge in [-0.05, 0) is 40.0 Å². The van der Waals surface area contributed by atoms with Gasteiger partial charge in [-0.1, -0.05) is 6.92 Å². The Morgan fingerprint density at radius 3 is 2.68 bits per heavy atom. The van der Waals surface area contributed by atoms with Gasteiger partial charge in [-0.3, -0.25) is 14.4 Å². The summed E-state index contributed by atoms with van der Waals surface area (Å²) in [5.41, 5.74) is -1.86. The molecule has 1 aliphatic heterocycles. The van der Waals surface area contributed by atoms with Gasteiger partial charge in [0.25, 0.3) is 0 Å². The summed E-state index contributed by atoms with van der Waals surface area (Å²) in [7, 11) is 1.43. The Morgan fingerprint density at radius 2 is 2.08 bits per heavy atom. The van der Waals surface area contributed by atoms with Gasteiger partial charge in [0.05, 0.1) is 5.41 Å². The lowest BCUT2D eigenvalue weighted by Gasteiger charge is -2.32. The van der Waals surface area contributed by atoms with Crippen molar-refractivity contribution >= 4 is 17.9 Å². The van der Waals surface area contributed by atoms with Crippen molar-refractivity contribution in [3.8, 4) is 0 Å². The van der Waals surface area contributed by atoms with Crippen LogP contribution in [0.5, 0.6) is 0 Å². The van der Waals surface area contributed by atoms with Crippen molar-refractivity contribution < 1.29 is 33.3 Å². The minimum Gasteiger partial charge on any atom is -0.458 e. The zero-order chi connectivity index (χ0) is 18.6. The maximum Gasteiger partial charge on any atom is 0.326 e. The zero-order valence-electron chi connectivity index (χ0n) is 15.4. The van der Waals surface area contributed by atoms with E-state index < -0.39 is 41.3 Å². The zero-order valence-corrected chi connectivity index (χ0v) is 15.4. The predicted molar refractivity (Wildman–Crippen MR) is 85.0 cm³/mol. The number of carbonyl (C=O) groups is 3. The minimum atomic E-state index is -1.27. The number of carbonyl (C=O) groups excluding carboxylic acids is 3. The van der Waals surface area contributed by atoms with Crippen LogP contribution in [0.2, 0.25) is 0 Å². The molecule has 2 saturated carbocycles. The molecule has 6 unspecified atom stereocenters. The van der Waals surface area contributed by atoms with Crippen LogP contribution in [0, 0.1) is 22.7 Å². The van der Waals surface area contributed by atoms with Crippen molar-refractivity contribution in [2.75, 3.05) is 7.11 Å².